The molecule has 0 fully saturated rings. The van der Waals surface area contributed by atoms with E-state index < -0.39 is 0 Å². The number of ether oxygens (including phenoxy) is 2. The van der Waals surface area contributed by atoms with E-state index in [1.165, 1.54) is 22.7 Å². The van der Waals surface area contributed by atoms with Crippen LogP contribution in [0.15, 0.2) is 41.1 Å². The summed E-state index contributed by atoms with van der Waals surface area (Å²) in [5.74, 6) is 0.885. The minimum atomic E-state index is -0.202. The van der Waals surface area contributed by atoms with Crippen molar-refractivity contribution >= 4 is 45.3 Å². The lowest BCUT2D eigenvalue weighted by Crippen LogP contribution is -2.17. The van der Waals surface area contributed by atoms with Crippen LogP contribution in [0.5, 0.6) is 11.5 Å². The second-order valence-electron chi connectivity index (χ2n) is 5.66. The van der Waals surface area contributed by atoms with Crippen molar-refractivity contribution in [1.29, 1.82) is 0 Å². The molecule has 1 aliphatic heterocycles. The number of amides is 2. The van der Waals surface area contributed by atoms with Gasteiger partial charge in [0, 0.05) is 17.1 Å². The summed E-state index contributed by atoms with van der Waals surface area (Å²) >= 11 is 2.65. The molecule has 3 heterocycles. The predicted octanol–water partition coefficient (Wildman–Crippen LogP) is 3.41. The minimum Gasteiger partial charge on any atom is -0.486 e. The molecule has 1 aliphatic rings. The van der Waals surface area contributed by atoms with Crippen LogP contribution >= 0.6 is 22.7 Å². The van der Waals surface area contributed by atoms with Crippen LogP contribution in [-0.4, -0.2) is 30.0 Å². The fraction of sp³-hybridized carbons (Fsp3) is 0.167. The fourth-order valence-electron chi connectivity index (χ4n) is 2.50. The molecule has 0 unspecified atom stereocenters. The number of nitrogens with zero attached hydrogens (tertiary/aromatic N) is 1. The maximum Gasteiger partial charge on any atom is 0.267 e. The zero-order valence-corrected chi connectivity index (χ0v) is 15.7. The van der Waals surface area contributed by atoms with Gasteiger partial charge in [-0.05, 0) is 23.6 Å². The molecule has 2 amide bonds. The van der Waals surface area contributed by atoms with Crippen LogP contribution in [0.4, 0.5) is 10.8 Å². The van der Waals surface area contributed by atoms with E-state index in [-0.39, 0.29) is 18.2 Å². The van der Waals surface area contributed by atoms with E-state index in [2.05, 4.69) is 15.6 Å². The van der Waals surface area contributed by atoms with Crippen molar-refractivity contribution in [3.63, 3.8) is 0 Å². The molecule has 7 nitrogen and oxygen atoms in total. The van der Waals surface area contributed by atoms with Crippen molar-refractivity contribution in [2.75, 3.05) is 23.8 Å². The van der Waals surface area contributed by atoms with Gasteiger partial charge < -0.3 is 14.8 Å². The molecule has 4 rings (SSSR count). The van der Waals surface area contributed by atoms with Gasteiger partial charge >= 0.3 is 0 Å². The number of hydrogen-bond donors (Lipinski definition) is 2. The molecular formula is C18H15N3O4S2. The van der Waals surface area contributed by atoms with Crippen LogP contribution < -0.4 is 20.1 Å². The standard InChI is InChI=1S/C18H15N3O4S2/c22-16(19-11-3-4-13-14(8-11)25-6-5-24-13)9-12-10-27-18(20-12)21-17(23)15-2-1-7-26-15/h1-4,7-8,10H,5-6,9H2,(H,19,22)(H,20,21,23). The Morgan fingerprint density at radius 1 is 1.07 bits per heavy atom. The molecule has 2 aromatic heterocycles. The Morgan fingerprint density at radius 2 is 1.93 bits per heavy atom. The number of aromatic nitrogens is 1. The van der Waals surface area contributed by atoms with Gasteiger partial charge in [-0.3, -0.25) is 14.9 Å². The smallest absolute Gasteiger partial charge is 0.267 e. The number of carbonyl (C=O) groups is 2. The molecule has 0 radical (unpaired) electrons. The predicted molar refractivity (Wildman–Crippen MR) is 104 cm³/mol. The maximum absolute atomic E-state index is 12.3. The topological polar surface area (TPSA) is 89.6 Å². The van der Waals surface area contributed by atoms with E-state index in [1.807, 2.05) is 11.4 Å². The molecule has 0 atom stereocenters. The van der Waals surface area contributed by atoms with E-state index in [4.69, 9.17) is 9.47 Å². The minimum absolute atomic E-state index is 0.111. The van der Waals surface area contributed by atoms with Gasteiger partial charge in [-0.25, -0.2) is 4.98 Å². The normalized spacial score (nSPS) is 12.4. The molecule has 0 bridgehead atoms. The highest BCUT2D eigenvalue weighted by Gasteiger charge is 2.14. The Hall–Kier alpha value is -2.91. The second-order valence-corrected chi connectivity index (χ2v) is 7.46. The van der Waals surface area contributed by atoms with Gasteiger partial charge in [0.2, 0.25) is 5.91 Å². The third-order valence-electron chi connectivity index (χ3n) is 3.68. The number of benzene rings is 1. The number of thiazole rings is 1. The lowest BCUT2D eigenvalue weighted by molar-refractivity contribution is -0.115. The number of hydrogen-bond acceptors (Lipinski definition) is 7. The zero-order valence-electron chi connectivity index (χ0n) is 14.1. The summed E-state index contributed by atoms with van der Waals surface area (Å²) in [6.07, 6.45) is 0.111. The van der Waals surface area contributed by atoms with Gasteiger partial charge in [-0.1, -0.05) is 6.07 Å². The van der Waals surface area contributed by atoms with Crippen molar-refractivity contribution in [2.24, 2.45) is 0 Å². The third kappa shape index (κ3) is 4.26. The highest BCUT2D eigenvalue weighted by molar-refractivity contribution is 7.14. The van der Waals surface area contributed by atoms with E-state index in [0.717, 1.165) is 0 Å². The molecule has 9 heteroatoms. The first kappa shape index (κ1) is 17.5. The molecule has 0 saturated carbocycles. The number of rotatable bonds is 5. The van der Waals surface area contributed by atoms with Crippen molar-refractivity contribution in [2.45, 2.75) is 6.42 Å². The number of thiophene rings is 1. The van der Waals surface area contributed by atoms with Gasteiger partial charge in [0.15, 0.2) is 16.6 Å². The molecule has 0 saturated heterocycles. The van der Waals surface area contributed by atoms with Gasteiger partial charge in [-0.15, -0.1) is 22.7 Å². The van der Waals surface area contributed by atoms with Gasteiger partial charge in [0.25, 0.3) is 5.91 Å². The van der Waals surface area contributed by atoms with E-state index in [1.54, 1.807) is 29.6 Å². The van der Waals surface area contributed by atoms with Crippen LogP contribution in [0.3, 0.4) is 0 Å². The summed E-state index contributed by atoms with van der Waals surface area (Å²) in [6, 6.07) is 8.83. The summed E-state index contributed by atoms with van der Waals surface area (Å²) in [4.78, 5) is 29.2. The molecule has 0 aliphatic carbocycles. The van der Waals surface area contributed by atoms with E-state index >= 15 is 0 Å². The highest BCUT2D eigenvalue weighted by Crippen LogP contribution is 2.32. The summed E-state index contributed by atoms with van der Waals surface area (Å²) in [5.41, 5.74) is 1.22. The molecule has 2 N–H and O–H groups in total. The van der Waals surface area contributed by atoms with Crippen molar-refractivity contribution in [3.8, 4) is 11.5 Å². The van der Waals surface area contributed by atoms with Gasteiger partial charge in [0.05, 0.1) is 17.0 Å². The van der Waals surface area contributed by atoms with E-state index in [0.29, 0.717) is 46.1 Å². The SMILES string of the molecule is O=C(Cc1csc(NC(=O)c2cccs2)n1)Nc1ccc2c(c1)OCCO2. The summed E-state index contributed by atoms with van der Waals surface area (Å²) < 4.78 is 11.0. The first-order chi connectivity index (χ1) is 13.2. The first-order valence-corrected chi connectivity index (χ1v) is 9.92. The Bertz CT molecular complexity index is 969. The molecular weight excluding hydrogens is 386 g/mol. The maximum atomic E-state index is 12.3. The quantitative estimate of drug-likeness (QED) is 0.684. The van der Waals surface area contributed by atoms with Crippen molar-refractivity contribution in [3.05, 3.63) is 51.7 Å². The molecule has 27 heavy (non-hydrogen) atoms. The average Bonchev–Trinajstić information content (AvgIpc) is 3.34. The molecule has 138 valence electrons. The van der Waals surface area contributed by atoms with Crippen LogP contribution in [0.1, 0.15) is 15.4 Å². The largest absolute Gasteiger partial charge is 0.486 e. The Labute approximate surface area is 163 Å². The first-order valence-electron chi connectivity index (χ1n) is 8.16. The monoisotopic (exact) mass is 401 g/mol. The van der Waals surface area contributed by atoms with Crippen LogP contribution in [-0.2, 0) is 11.2 Å². The lowest BCUT2D eigenvalue weighted by Gasteiger charge is -2.18. The summed E-state index contributed by atoms with van der Waals surface area (Å²) in [7, 11) is 0. The van der Waals surface area contributed by atoms with Crippen LogP contribution in [0.25, 0.3) is 0 Å². The molecule has 1 aromatic carbocycles. The number of carbonyl (C=O) groups excluding carboxylic acids is 2. The Morgan fingerprint density at radius 3 is 2.74 bits per heavy atom. The van der Waals surface area contributed by atoms with Crippen molar-refractivity contribution in [1.82, 2.24) is 4.98 Å². The van der Waals surface area contributed by atoms with E-state index in [9.17, 15) is 9.59 Å². The molecule has 3 aromatic rings. The fourth-order valence-corrected chi connectivity index (χ4v) is 3.83. The van der Waals surface area contributed by atoms with Crippen LogP contribution in [0, 0.1) is 0 Å². The third-order valence-corrected chi connectivity index (χ3v) is 5.36. The highest BCUT2D eigenvalue weighted by atomic mass is 32.1. The number of fused-ring (bicyclic) bond motifs is 1. The summed E-state index contributed by atoms with van der Waals surface area (Å²) in [5, 5.41) is 9.62. The number of nitrogens with one attached hydrogen (secondary N) is 2. The zero-order chi connectivity index (χ0) is 18.6. The molecule has 0 spiro atoms. The Kier molecular flexibility index (Phi) is 5.03. The lowest BCUT2D eigenvalue weighted by atomic mass is 10.2. The van der Waals surface area contributed by atoms with Gasteiger partial charge in [-0.2, -0.15) is 0 Å². The van der Waals surface area contributed by atoms with Crippen LogP contribution in [0.2, 0.25) is 0 Å². The summed E-state index contributed by atoms with van der Waals surface area (Å²) in [6.45, 7) is 1.01. The second kappa shape index (κ2) is 7.77. The number of anilines is 2. The van der Waals surface area contributed by atoms with Crippen molar-refractivity contribution < 1.29 is 19.1 Å². The Balaban J connectivity index is 1.35. The van der Waals surface area contributed by atoms with Gasteiger partial charge in [0.1, 0.15) is 13.2 Å². The average molecular weight is 401 g/mol.